The van der Waals surface area contributed by atoms with Gasteiger partial charge in [0.1, 0.15) is 34.5 Å². The van der Waals surface area contributed by atoms with Gasteiger partial charge in [-0.2, -0.15) is 0 Å². The number of nitro benzene ring substituents is 2. The van der Waals surface area contributed by atoms with Gasteiger partial charge in [0.05, 0.1) is 171 Å². The topological polar surface area (TPSA) is 363 Å². The molecule has 0 spiro atoms. The molecule has 724 valence electrons. The summed E-state index contributed by atoms with van der Waals surface area (Å²) in [6.45, 7) is 16.6. The monoisotopic (exact) mass is 1980 g/mol. The zero-order valence-electron chi connectivity index (χ0n) is 75.4. The number of non-ortho nitro benzene ring substituents is 2. The van der Waals surface area contributed by atoms with Crippen molar-refractivity contribution in [3.63, 3.8) is 0 Å². The molecule has 30 nitrogen and oxygen atoms in total. The number of hydrogen-bond acceptors (Lipinski definition) is 32. The number of Topliss-reactive ketones (excluding diaryl/α,β-unsaturated/α-hetero) is 1. The van der Waals surface area contributed by atoms with E-state index in [2.05, 4.69) is 78.1 Å². The lowest BCUT2D eigenvalue weighted by Crippen LogP contribution is -2.35. The van der Waals surface area contributed by atoms with E-state index in [9.17, 15) is 42.6 Å². The van der Waals surface area contributed by atoms with Crippen LogP contribution in [0.5, 0.6) is 51.7 Å². The van der Waals surface area contributed by atoms with Crippen molar-refractivity contribution in [1.82, 2.24) is 59.9 Å². The molecular weight excluding hydrogens is 1880 g/mol. The van der Waals surface area contributed by atoms with Crippen molar-refractivity contribution < 1.29 is 74.8 Å². The number of benzene rings is 4. The Morgan fingerprint density at radius 1 is 0.414 bits per heavy atom. The lowest BCUT2D eigenvalue weighted by atomic mass is 10.0. The van der Waals surface area contributed by atoms with Crippen molar-refractivity contribution >= 4 is 109 Å². The van der Waals surface area contributed by atoms with Crippen LogP contribution >= 0.6 is 45.3 Å². The minimum Gasteiger partial charge on any atom is -0.495 e. The molecule has 4 saturated heterocycles. The number of methoxy groups -OCH3 is 1. The molecule has 6 fully saturated rings. The van der Waals surface area contributed by atoms with Crippen molar-refractivity contribution in [2.24, 2.45) is 11.7 Å². The molecule has 2 aliphatic carbocycles. The summed E-state index contributed by atoms with van der Waals surface area (Å²) in [5.41, 5.74) is 20.9. The number of nitrogen functional groups attached to an aromatic ring is 1. The van der Waals surface area contributed by atoms with Gasteiger partial charge in [-0.15, -0.1) is 45.3 Å². The minimum absolute atomic E-state index is 0. The molecule has 16 heterocycles. The Morgan fingerprint density at radius 3 is 1.03 bits per heavy atom. The normalized spacial score (nSPS) is 14.9. The smallest absolute Gasteiger partial charge is 0.272 e. The number of halogens is 4. The first-order chi connectivity index (χ1) is 67.8. The largest absolute Gasteiger partial charge is 0.495 e. The van der Waals surface area contributed by atoms with Crippen LogP contribution in [-0.2, 0) is 49.8 Å². The van der Waals surface area contributed by atoms with Crippen LogP contribution in [0.2, 0.25) is 0 Å². The Kier molecular flexibility index (Phi) is 34.1. The Bertz CT molecular complexity index is 6910. The molecule has 22 rings (SSSR count). The highest BCUT2D eigenvalue weighted by molar-refractivity contribution is 7.23. The summed E-state index contributed by atoms with van der Waals surface area (Å²) in [4.78, 5) is 79.2. The number of morpholine rings is 4. The number of ketones is 1. The number of aromatic nitrogens is 8. The Labute approximate surface area is 819 Å². The number of ether oxygens (including phenoxy) is 9. The molecule has 0 amide bonds. The number of carbonyl (C=O) groups is 1. The van der Waals surface area contributed by atoms with E-state index in [0.29, 0.717) is 74.1 Å². The summed E-state index contributed by atoms with van der Waals surface area (Å²) in [5.74, 6) is 0.754. The fraction of sp³-hybridized carbons (Fsp3) is 0.284. The van der Waals surface area contributed by atoms with Gasteiger partial charge >= 0.3 is 0 Å². The number of rotatable bonds is 25. The van der Waals surface area contributed by atoms with Gasteiger partial charge in [0, 0.05) is 182 Å². The quantitative estimate of drug-likeness (QED) is 0.0207. The molecule has 6 aliphatic rings. The van der Waals surface area contributed by atoms with Crippen LogP contribution in [0, 0.1) is 49.4 Å². The molecule has 140 heavy (non-hydrogen) atoms. The van der Waals surface area contributed by atoms with Gasteiger partial charge in [-0.25, -0.2) is 17.6 Å². The van der Waals surface area contributed by atoms with E-state index in [1.807, 2.05) is 73.2 Å². The molecule has 4 aliphatic heterocycles. The van der Waals surface area contributed by atoms with E-state index < -0.39 is 33.1 Å². The number of fused-ring (bicyclic) bond motifs is 4. The van der Waals surface area contributed by atoms with Crippen molar-refractivity contribution in [1.29, 1.82) is 0 Å². The number of hydrogen-bond donors (Lipinski definition) is 3. The average molecular weight is 1980 g/mol. The molecular formula is C102H100F4N16O14S4. The SMILES string of the molecule is C.C1COCCN1.COc1ccc(-c2cc3nccc(Oc4ccc([N+](=O)[O-])cc4F)c3s2)nc1.NC1CC1.Nc1ccc(Oc2ccnc3cc(-c4ccc(CN5CCOCC5)cn4)sc23)c(F)c1.O=C(Cc1ccc(Oc2ccnc3cc(-c4ccc(CN5CCOCC5)cn4)sc23)c(F)c1)CC1CC1.O=[N+]([O-])c1ccc(Oc2ccnc3cc(-c4ccc(CN5CCOCC5)cn4)sc23)c(F)c1. The lowest BCUT2D eigenvalue weighted by molar-refractivity contribution is -0.385. The molecule has 38 heteroatoms. The summed E-state index contributed by atoms with van der Waals surface area (Å²) < 4.78 is 110. The number of carbonyl (C=O) groups excluding carboxylic acids is 1. The third-order valence-electron chi connectivity index (χ3n) is 22.7. The summed E-state index contributed by atoms with van der Waals surface area (Å²) in [5, 5.41) is 24.7. The van der Waals surface area contributed by atoms with Crippen LogP contribution in [0.15, 0.2) is 219 Å². The molecule has 2 saturated carbocycles. The van der Waals surface area contributed by atoms with E-state index >= 15 is 0 Å². The van der Waals surface area contributed by atoms with Crippen molar-refractivity contribution in [2.45, 2.75) is 71.6 Å². The van der Waals surface area contributed by atoms with Crippen molar-refractivity contribution in [2.75, 3.05) is 118 Å². The molecule has 4 aromatic carbocycles. The Balaban J connectivity index is 0.000000130. The molecule has 0 atom stereocenters. The van der Waals surface area contributed by atoms with E-state index in [0.717, 1.165) is 223 Å². The zero-order valence-corrected chi connectivity index (χ0v) is 78.7. The molecule has 0 radical (unpaired) electrons. The summed E-state index contributed by atoms with van der Waals surface area (Å²) in [6.07, 6.45) is 19.5. The van der Waals surface area contributed by atoms with Gasteiger partial charge in [0.2, 0.25) is 0 Å². The number of nitrogens with zero attached hydrogens (tertiary/aromatic N) is 13. The first-order valence-corrected chi connectivity index (χ1v) is 48.3. The van der Waals surface area contributed by atoms with E-state index in [4.69, 9.17) is 54.1 Å². The second-order valence-corrected chi connectivity index (χ2v) is 37.3. The van der Waals surface area contributed by atoms with Crippen LogP contribution in [0.4, 0.5) is 34.6 Å². The number of pyridine rings is 8. The van der Waals surface area contributed by atoms with Crippen molar-refractivity contribution in [3.8, 4) is 94.0 Å². The third kappa shape index (κ3) is 27.2. The van der Waals surface area contributed by atoms with Crippen LogP contribution in [0.3, 0.4) is 0 Å². The number of nitrogens with one attached hydrogen (secondary N) is 1. The number of nitro groups is 2. The fourth-order valence-electron chi connectivity index (χ4n) is 14.9. The molecule has 5 N–H and O–H groups in total. The van der Waals surface area contributed by atoms with Crippen LogP contribution in [0.1, 0.15) is 61.8 Å². The third-order valence-corrected chi connectivity index (χ3v) is 27.3. The maximum Gasteiger partial charge on any atom is 0.272 e. The summed E-state index contributed by atoms with van der Waals surface area (Å²) in [7, 11) is 1.57. The van der Waals surface area contributed by atoms with Gasteiger partial charge < -0.3 is 59.4 Å². The van der Waals surface area contributed by atoms with Crippen LogP contribution < -0.4 is 40.5 Å². The first kappa shape index (κ1) is 99.6. The van der Waals surface area contributed by atoms with Gasteiger partial charge in [0.15, 0.2) is 46.3 Å². The van der Waals surface area contributed by atoms with Crippen LogP contribution in [0.25, 0.3) is 83.2 Å². The summed E-state index contributed by atoms with van der Waals surface area (Å²) in [6, 6.07) is 46.8. The number of thiophene rings is 4. The van der Waals surface area contributed by atoms with E-state index in [1.165, 1.54) is 112 Å². The Hall–Kier alpha value is -13.5. The lowest BCUT2D eigenvalue weighted by Gasteiger charge is -2.26. The highest BCUT2D eigenvalue weighted by Gasteiger charge is 2.27. The van der Waals surface area contributed by atoms with Gasteiger partial charge in [-0.05, 0) is 145 Å². The predicted octanol–water partition coefficient (Wildman–Crippen LogP) is 21.3. The van der Waals surface area contributed by atoms with Crippen LogP contribution in [-0.4, -0.2) is 189 Å². The highest BCUT2D eigenvalue weighted by atomic mass is 32.1. The zero-order chi connectivity index (χ0) is 96.1. The molecule has 12 aromatic heterocycles. The van der Waals surface area contributed by atoms with Gasteiger partial charge in [-0.1, -0.05) is 31.7 Å². The van der Waals surface area contributed by atoms with Crippen molar-refractivity contribution in [3.05, 3.63) is 285 Å². The average Bonchev–Trinajstić information content (AvgIpc) is 1.66. The second-order valence-electron chi connectivity index (χ2n) is 33.1. The predicted molar refractivity (Wildman–Crippen MR) is 534 cm³/mol. The van der Waals surface area contributed by atoms with Gasteiger partial charge in [-0.3, -0.25) is 79.6 Å². The standard InChI is InChI=1S/C29H28FN3O3S.C23H19FN4O4S.C23H21FN4O2S.C19H12FN3O4S.C4H9NO.C3H7N.CH4/c30-23-15-20(14-22(34)13-19-1-2-19)4-6-26(23)36-27-7-8-31-25-16-28(37-29(25)27)24-5-3-21(17-32-24)18-33-9-11-35-12-10-33;24-17-11-16(28(29)30)2-4-20(17)32-21-5-6-25-19-12-22(33-23(19)21)18-3-1-15(13-26-18)14-27-7-9-31-10-8-27;24-17-11-16(25)2-4-20(17)30-21-5-6-26-19-12-22(31-23(19)21)18-3-1-15(13-27-18)14-28-7-9-29-10-8-28;1-26-12-3-4-14(22-10-12)18-9-15-19(28-18)17(6-7-21-15)27-16-5-2-11(23(24)25)8-13(16)20;1-3-6-4-2-5-1;4-3-1-2-3;/h3-8,15-17,19H,1-2,9-14,18H2;1-6,11-13H,7-10,14H2;1-6,11-13H,7-10,14,25H2;2-10H,1H3;5H,1-4H2;3H,1-2,4H2;1H4. The number of nitrogens with two attached hydrogens (primary N) is 2. The molecule has 0 bridgehead atoms. The molecule has 0 unspecified atom stereocenters. The fourth-order valence-corrected chi connectivity index (χ4v) is 19.1. The van der Waals surface area contributed by atoms with E-state index in [-0.39, 0.29) is 54.0 Å². The second kappa shape index (κ2) is 47.9. The maximum atomic E-state index is 14.9. The maximum absolute atomic E-state index is 14.9. The first-order valence-electron chi connectivity index (χ1n) is 45.1. The summed E-state index contributed by atoms with van der Waals surface area (Å²) >= 11 is 5.89. The van der Waals surface area contributed by atoms with Gasteiger partial charge in [0.25, 0.3) is 11.4 Å². The van der Waals surface area contributed by atoms with E-state index in [1.54, 1.807) is 80.6 Å². The highest BCUT2D eigenvalue weighted by Crippen LogP contribution is 2.46. The minimum atomic E-state index is -0.812. The number of anilines is 1. The Morgan fingerprint density at radius 2 is 0.743 bits per heavy atom. The molecule has 16 aromatic rings.